The number of fused-ring (bicyclic) bond motifs is 1. The molecule has 0 fully saturated rings. The van der Waals surface area contributed by atoms with E-state index in [0.29, 0.717) is 5.82 Å². The van der Waals surface area contributed by atoms with Gasteiger partial charge in [-0.2, -0.15) is 4.68 Å². The van der Waals surface area contributed by atoms with E-state index in [9.17, 15) is 14.9 Å². The van der Waals surface area contributed by atoms with Crippen LogP contribution in [0.25, 0.3) is 11.0 Å². The van der Waals surface area contributed by atoms with Crippen molar-refractivity contribution >= 4 is 22.8 Å². The maximum Gasteiger partial charge on any atom is 0.390 e. The molecule has 0 atom stereocenters. The first-order chi connectivity index (χ1) is 10.5. The zero-order valence-electron chi connectivity index (χ0n) is 11.6. The summed E-state index contributed by atoms with van der Waals surface area (Å²) < 4.78 is 1.17. The Morgan fingerprint density at radius 3 is 2.91 bits per heavy atom. The summed E-state index contributed by atoms with van der Waals surface area (Å²) in [5.41, 5.74) is 1.80. The van der Waals surface area contributed by atoms with Crippen molar-refractivity contribution in [1.29, 1.82) is 0 Å². The highest BCUT2D eigenvalue weighted by atomic mass is 16.6. The topological polar surface area (TPSA) is 119 Å². The van der Waals surface area contributed by atoms with Crippen molar-refractivity contribution in [2.45, 2.75) is 6.54 Å². The molecule has 9 heteroatoms. The Hall–Kier alpha value is -3.23. The van der Waals surface area contributed by atoms with E-state index in [1.807, 2.05) is 24.3 Å². The van der Waals surface area contributed by atoms with Crippen LogP contribution in [0.4, 0.5) is 5.82 Å². The van der Waals surface area contributed by atoms with Crippen molar-refractivity contribution in [3.63, 3.8) is 0 Å². The average Bonchev–Trinajstić information content (AvgIpc) is 3.07. The Morgan fingerprint density at radius 2 is 2.23 bits per heavy atom. The van der Waals surface area contributed by atoms with Crippen molar-refractivity contribution < 1.29 is 9.72 Å². The summed E-state index contributed by atoms with van der Waals surface area (Å²) in [6, 6.07) is 8.64. The molecule has 9 nitrogen and oxygen atoms in total. The Morgan fingerprint density at radius 1 is 1.45 bits per heavy atom. The maximum atomic E-state index is 12.1. The van der Waals surface area contributed by atoms with Crippen LogP contribution in [0.3, 0.4) is 0 Å². The highest BCUT2D eigenvalue weighted by Crippen LogP contribution is 2.12. The number of aromatic amines is 1. The quantitative estimate of drug-likeness (QED) is 0.553. The van der Waals surface area contributed by atoms with Crippen LogP contribution < -0.4 is 5.32 Å². The minimum atomic E-state index is -0.643. The highest BCUT2D eigenvalue weighted by Gasteiger charge is 2.20. The zero-order chi connectivity index (χ0) is 15.7. The van der Waals surface area contributed by atoms with Gasteiger partial charge in [0.05, 0.1) is 35.8 Å². The van der Waals surface area contributed by atoms with Gasteiger partial charge in [-0.15, -0.1) is 0 Å². The van der Waals surface area contributed by atoms with Crippen molar-refractivity contribution in [1.82, 2.24) is 25.1 Å². The number of carbonyl (C=O) groups is 1. The molecule has 0 saturated heterocycles. The van der Waals surface area contributed by atoms with E-state index in [1.165, 1.54) is 11.7 Å². The third-order valence-corrected chi connectivity index (χ3v) is 3.14. The molecular formula is C13H12N6O3. The Balaban J connectivity index is 1.73. The van der Waals surface area contributed by atoms with E-state index in [2.05, 4.69) is 20.4 Å². The smallest absolute Gasteiger partial charge is 0.358 e. The number of nitrogens with one attached hydrogen (secondary N) is 2. The lowest BCUT2D eigenvalue weighted by Crippen LogP contribution is -2.25. The number of nitrogens with zero attached hydrogens (tertiary/aromatic N) is 4. The van der Waals surface area contributed by atoms with Crippen LogP contribution in [0.15, 0.2) is 30.3 Å². The molecule has 2 N–H and O–H groups in total. The summed E-state index contributed by atoms with van der Waals surface area (Å²) in [6.45, 7) is 0.187. The predicted molar refractivity (Wildman–Crippen MR) is 77.1 cm³/mol. The standard InChI is InChI=1S/C13H12N6O3/c1-18-10(6-12(17-18)19(21)22)13(20)14-7-11-15-8-4-2-3-5-9(8)16-11/h2-6H,7H2,1H3,(H,14,20)(H,15,16). The second kappa shape index (κ2) is 5.28. The number of rotatable bonds is 4. The molecule has 0 bridgehead atoms. The van der Waals surface area contributed by atoms with Gasteiger partial charge in [0, 0.05) is 0 Å². The first-order valence-corrected chi connectivity index (χ1v) is 6.45. The lowest BCUT2D eigenvalue weighted by Gasteiger charge is -2.01. The monoisotopic (exact) mass is 300 g/mol. The van der Waals surface area contributed by atoms with Crippen molar-refractivity contribution in [2.24, 2.45) is 7.05 Å². The molecule has 0 spiro atoms. The molecule has 0 saturated carbocycles. The van der Waals surface area contributed by atoms with Crippen LogP contribution in [0, 0.1) is 10.1 Å². The number of hydrogen-bond acceptors (Lipinski definition) is 5. The number of imidazole rings is 1. The molecule has 0 aliphatic carbocycles. The number of aromatic nitrogens is 4. The lowest BCUT2D eigenvalue weighted by molar-refractivity contribution is -0.389. The minimum Gasteiger partial charge on any atom is -0.358 e. The molecule has 3 rings (SSSR count). The van der Waals surface area contributed by atoms with Gasteiger partial charge in [-0.1, -0.05) is 12.1 Å². The number of carbonyl (C=O) groups excluding carboxylic acids is 1. The van der Waals surface area contributed by atoms with Gasteiger partial charge in [0.25, 0.3) is 5.91 Å². The van der Waals surface area contributed by atoms with Gasteiger partial charge in [0.2, 0.25) is 0 Å². The third-order valence-electron chi connectivity index (χ3n) is 3.14. The number of para-hydroxylation sites is 2. The number of aryl methyl sites for hydroxylation is 1. The summed E-state index contributed by atoms with van der Waals surface area (Å²) in [5.74, 6) is -0.217. The predicted octanol–water partition coefficient (Wildman–Crippen LogP) is 1.13. The molecule has 22 heavy (non-hydrogen) atoms. The zero-order valence-corrected chi connectivity index (χ0v) is 11.6. The van der Waals surface area contributed by atoms with Crippen molar-refractivity contribution in [3.8, 4) is 0 Å². The lowest BCUT2D eigenvalue weighted by atomic mass is 10.3. The van der Waals surface area contributed by atoms with Crippen LogP contribution in [-0.4, -0.2) is 30.6 Å². The van der Waals surface area contributed by atoms with Gasteiger partial charge in [-0.25, -0.2) is 4.98 Å². The molecule has 1 amide bonds. The van der Waals surface area contributed by atoms with Crippen LogP contribution in [0.2, 0.25) is 0 Å². The number of hydrogen-bond donors (Lipinski definition) is 2. The van der Waals surface area contributed by atoms with Crippen molar-refractivity contribution in [3.05, 3.63) is 52.0 Å². The molecule has 0 radical (unpaired) electrons. The van der Waals surface area contributed by atoms with Gasteiger partial charge in [-0.3, -0.25) is 4.79 Å². The molecule has 0 aliphatic heterocycles. The molecule has 3 aromatic rings. The van der Waals surface area contributed by atoms with Gasteiger partial charge in [0.1, 0.15) is 5.82 Å². The summed E-state index contributed by atoms with van der Waals surface area (Å²) in [5, 5.41) is 17.0. The van der Waals surface area contributed by atoms with E-state index < -0.39 is 10.8 Å². The number of benzene rings is 1. The van der Waals surface area contributed by atoms with Gasteiger partial charge in [-0.05, 0) is 17.1 Å². The first kappa shape index (κ1) is 13.7. The number of amides is 1. The van der Waals surface area contributed by atoms with Gasteiger partial charge < -0.3 is 20.4 Å². The van der Waals surface area contributed by atoms with Crippen LogP contribution in [0.5, 0.6) is 0 Å². The summed E-state index contributed by atoms with van der Waals surface area (Å²) in [6.07, 6.45) is 0. The van der Waals surface area contributed by atoms with Crippen molar-refractivity contribution in [2.75, 3.05) is 0 Å². The molecule has 2 aromatic heterocycles. The summed E-state index contributed by atoms with van der Waals surface area (Å²) >= 11 is 0. The summed E-state index contributed by atoms with van der Waals surface area (Å²) in [7, 11) is 1.48. The van der Waals surface area contributed by atoms with Gasteiger partial charge in [0.15, 0.2) is 5.69 Å². The molecular weight excluding hydrogens is 288 g/mol. The number of H-pyrrole nitrogens is 1. The SMILES string of the molecule is Cn1nc([N+](=O)[O-])cc1C(=O)NCc1nc2ccccc2[nH]1. The normalized spacial score (nSPS) is 10.8. The van der Waals surface area contributed by atoms with Crippen LogP contribution in [-0.2, 0) is 13.6 Å². The third kappa shape index (κ3) is 2.51. The molecule has 0 aliphatic rings. The van der Waals surface area contributed by atoms with E-state index >= 15 is 0 Å². The Bertz CT molecular complexity index is 833. The van der Waals surface area contributed by atoms with E-state index in [4.69, 9.17) is 0 Å². The minimum absolute atomic E-state index is 0.114. The number of nitro groups is 1. The fourth-order valence-corrected chi connectivity index (χ4v) is 2.10. The van der Waals surface area contributed by atoms with E-state index in [0.717, 1.165) is 17.1 Å². The van der Waals surface area contributed by atoms with Gasteiger partial charge >= 0.3 is 5.82 Å². The molecule has 2 heterocycles. The maximum absolute atomic E-state index is 12.1. The Kier molecular flexibility index (Phi) is 3.30. The van der Waals surface area contributed by atoms with Crippen LogP contribution >= 0.6 is 0 Å². The highest BCUT2D eigenvalue weighted by molar-refractivity contribution is 5.93. The largest absolute Gasteiger partial charge is 0.390 e. The van der Waals surface area contributed by atoms with Crippen LogP contribution in [0.1, 0.15) is 16.3 Å². The average molecular weight is 300 g/mol. The molecule has 1 aromatic carbocycles. The van der Waals surface area contributed by atoms with E-state index in [-0.39, 0.29) is 18.1 Å². The second-order valence-corrected chi connectivity index (χ2v) is 4.65. The fourth-order valence-electron chi connectivity index (χ4n) is 2.10. The second-order valence-electron chi connectivity index (χ2n) is 4.65. The van der Waals surface area contributed by atoms with E-state index in [1.54, 1.807) is 0 Å². The Labute approximate surface area is 124 Å². The molecule has 0 unspecified atom stereocenters. The fraction of sp³-hybridized carbons (Fsp3) is 0.154. The first-order valence-electron chi connectivity index (χ1n) is 6.45. The summed E-state index contributed by atoms with van der Waals surface area (Å²) in [4.78, 5) is 29.5. The molecule has 112 valence electrons.